The van der Waals surface area contributed by atoms with Crippen molar-refractivity contribution in [1.82, 2.24) is 29.7 Å². The number of pyridine rings is 1. The third-order valence-corrected chi connectivity index (χ3v) is 13.3. The number of rotatable bonds is 12. The van der Waals surface area contributed by atoms with E-state index in [1.54, 1.807) is 29.0 Å². The van der Waals surface area contributed by atoms with Crippen molar-refractivity contribution in [1.29, 1.82) is 0 Å². The van der Waals surface area contributed by atoms with Gasteiger partial charge in [0.25, 0.3) is 23.3 Å². The van der Waals surface area contributed by atoms with E-state index >= 15 is 0 Å². The van der Waals surface area contributed by atoms with Crippen molar-refractivity contribution in [2.24, 2.45) is 5.73 Å². The average Bonchev–Trinajstić information content (AvgIpc) is 3.49. The van der Waals surface area contributed by atoms with Gasteiger partial charge in [0, 0.05) is 74.0 Å². The van der Waals surface area contributed by atoms with E-state index < -0.39 is 42.2 Å². The third kappa shape index (κ3) is 8.36. The second kappa shape index (κ2) is 17.5. The maximum atomic E-state index is 13.4. The Morgan fingerprint density at radius 1 is 0.953 bits per heavy atom. The van der Waals surface area contributed by atoms with Crippen LogP contribution >= 0.6 is 11.6 Å². The molecule has 2 aromatic carbocycles. The summed E-state index contributed by atoms with van der Waals surface area (Å²) in [6.07, 6.45) is 5.76. The molecule has 4 fully saturated rings. The van der Waals surface area contributed by atoms with Gasteiger partial charge in [-0.3, -0.25) is 43.9 Å². The maximum absolute atomic E-state index is 13.4. The molecular weight excluding hydrogens is 844 g/mol. The molecule has 19 heteroatoms. The topological polar surface area (TPSA) is 215 Å². The molecule has 1 unspecified atom stereocenters. The molecule has 1 aliphatic carbocycles. The average molecular weight is 895 g/mol. The van der Waals surface area contributed by atoms with Gasteiger partial charge in [-0.15, -0.1) is 0 Å². The Balaban J connectivity index is 0.755. The number of anilines is 4. The van der Waals surface area contributed by atoms with E-state index in [-0.39, 0.29) is 54.0 Å². The second-order valence-electron chi connectivity index (χ2n) is 17.6. The zero-order valence-corrected chi connectivity index (χ0v) is 36.7. The Labute approximate surface area is 374 Å². The summed E-state index contributed by atoms with van der Waals surface area (Å²) < 4.78 is 13.7. The van der Waals surface area contributed by atoms with Crippen LogP contribution in [0.1, 0.15) is 86.1 Å². The first-order chi connectivity index (χ1) is 30.7. The van der Waals surface area contributed by atoms with Gasteiger partial charge < -0.3 is 34.9 Å². The van der Waals surface area contributed by atoms with E-state index in [1.165, 1.54) is 0 Å². The van der Waals surface area contributed by atoms with Crippen molar-refractivity contribution in [3.8, 4) is 5.75 Å². The minimum absolute atomic E-state index is 0.0347. The van der Waals surface area contributed by atoms with E-state index in [9.17, 15) is 28.8 Å². The predicted molar refractivity (Wildman–Crippen MR) is 238 cm³/mol. The van der Waals surface area contributed by atoms with E-state index in [0.29, 0.717) is 39.6 Å². The first kappa shape index (κ1) is 43.2. The van der Waals surface area contributed by atoms with Gasteiger partial charge in [0.15, 0.2) is 18.2 Å². The normalized spacial score (nSPS) is 23.1. The van der Waals surface area contributed by atoms with Crippen LogP contribution in [0.5, 0.6) is 5.75 Å². The number of benzene rings is 2. The maximum Gasteiger partial charge on any atom is 0.293 e. The highest BCUT2D eigenvalue weighted by Crippen LogP contribution is 2.36. The number of imide groups is 2. The van der Waals surface area contributed by atoms with Crippen molar-refractivity contribution in [3.63, 3.8) is 0 Å². The molecule has 4 N–H and O–H groups in total. The molecule has 3 saturated heterocycles. The van der Waals surface area contributed by atoms with Gasteiger partial charge in [-0.25, -0.2) is 4.98 Å². The zero-order valence-electron chi connectivity index (χ0n) is 35.9. The molecule has 4 aromatic rings. The summed E-state index contributed by atoms with van der Waals surface area (Å²) in [5.74, 6) is -1.65. The Hall–Kier alpha value is -6.11. The van der Waals surface area contributed by atoms with Crippen LogP contribution in [-0.4, -0.2) is 124 Å². The highest BCUT2D eigenvalue weighted by molar-refractivity contribution is 6.33. The standard InChI is InChI=1S/C45H51ClN10O8/c1-24(2)55-35-7-4-27(16-26(35)17-37(44(55)62)63-23-38(47)57)49-40-34(46)21-48-45(51-40)52-12-10-30(11-13-52)64-31-18-29(19-31)53-14-15-54(25(3)22-53)28-5-6-32-33(20-28)43(61)56(42(32)60)36-8-9-39(58)50-41(36)59/h4-7,16-17,20-21,24-25,29-31,36H,8-15,18-19,22-23H2,1-3H3,(H2,47,57)(H,48,49,51)(H,50,58,59)/t25-,29-,31-,36?/m1/s1. The summed E-state index contributed by atoms with van der Waals surface area (Å²) in [6.45, 7) is 9.51. The molecule has 2 atom stereocenters. The number of hydrogen-bond donors (Lipinski definition) is 3. The Kier molecular flexibility index (Phi) is 11.8. The van der Waals surface area contributed by atoms with Crippen molar-refractivity contribution >= 4 is 75.2 Å². The van der Waals surface area contributed by atoms with Crippen LogP contribution in [0.4, 0.5) is 23.1 Å². The zero-order chi connectivity index (χ0) is 45.0. The molecule has 0 spiro atoms. The van der Waals surface area contributed by atoms with E-state index in [4.69, 9.17) is 31.8 Å². The largest absolute Gasteiger partial charge is 0.478 e. The molecule has 0 bridgehead atoms. The molecule has 1 saturated carbocycles. The van der Waals surface area contributed by atoms with Gasteiger partial charge in [-0.2, -0.15) is 4.98 Å². The third-order valence-electron chi connectivity index (χ3n) is 13.0. The van der Waals surface area contributed by atoms with Gasteiger partial charge in [0.1, 0.15) is 11.1 Å². The molecule has 5 aliphatic rings. The van der Waals surface area contributed by atoms with Crippen molar-refractivity contribution in [3.05, 3.63) is 75.2 Å². The van der Waals surface area contributed by atoms with Crippen LogP contribution in [0.15, 0.2) is 53.5 Å². The lowest BCUT2D eigenvalue weighted by Gasteiger charge is -2.49. The van der Waals surface area contributed by atoms with Crippen LogP contribution < -0.4 is 36.5 Å². The van der Waals surface area contributed by atoms with Crippen molar-refractivity contribution < 1.29 is 33.4 Å². The molecule has 2 aromatic heterocycles. The molecule has 9 rings (SSSR count). The van der Waals surface area contributed by atoms with E-state index in [0.717, 1.165) is 74.4 Å². The van der Waals surface area contributed by atoms with Gasteiger partial charge in [-0.1, -0.05) is 11.6 Å². The number of ether oxygens (including phenoxy) is 2. The molecule has 18 nitrogen and oxygen atoms in total. The molecule has 336 valence electrons. The molecule has 4 aliphatic heterocycles. The minimum atomic E-state index is -0.990. The fourth-order valence-electron chi connectivity index (χ4n) is 9.65. The van der Waals surface area contributed by atoms with Gasteiger partial charge in [-0.05, 0) is 95.3 Å². The van der Waals surface area contributed by atoms with E-state index in [2.05, 4.69) is 37.2 Å². The second-order valence-corrected chi connectivity index (χ2v) is 18.0. The number of carbonyl (C=O) groups excluding carboxylic acids is 5. The van der Waals surface area contributed by atoms with Crippen molar-refractivity contribution in [2.45, 2.75) is 95.7 Å². The lowest BCUT2D eigenvalue weighted by atomic mass is 9.86. The number of nitrogens with one attached hydrogen (secondary N) is 2. The van der Waals surface area contributed by atoms with Crippen LogP contribution in [0.2, 0.25) is 5.02 Å². The number of nitrogens with two attached hydrogens (primary N) is 1. The number of nitrogens with zero attached hydrogens (tertiary/aromatic N) is 7. The fraction of sp³-hybridized carbons (Fsp3) is 0.467. The Morgan fingerprint density at radius 2 is 1.72 bits per heavy atom. The number of carbonyl (C=O) groups is 5. The number of hydrogen-bond acceptors (Lipinski definition) is 14. The summed E-state index contributed by atoms with van der Waals surface area (Å²) >= 11 is 6.58. The van der Waals surface area contributed by atoms with Crippen LogP contribution in [-0.2, 0) is 19.1 Å². The number of primary amides is 1. The van der Waals surface area contributed by atoms with Crippen LogP contribution in [0, 0.1) is 0 Å². The smallest absolute Gasteiger partial charge is 0.293 e. The summed E-state index contributed by atoms with van der Waals surface area (Å²) in [5.41, 5.74) is 7.75. The van der Waals surface area contributed by atoms with Gasteiger partial charge in [0.2, 0.25) is 17.8 Å². The summed E-state index contributed by atoms with van der Waals surface area (Å²) in [5, 5.41) is 6.63. The highest BCUT2D eigenvalue weighted by Gasteiger charge is 2.45. The highest BCUT2D eigenvalue weighted by atomic mass is 35.5. The first-order valence-electron chi connectivity index (χ1n) is 21.9. The molecule has 5 amide bonds. The molecule has 0 radical (unpaired) electrons. The number of halogens is 1. The lowest BCUT2D eigenvalue weighted by molar-refractivity contribution is -0.136. The monoisotopic (exact) mass is 894 g/mol. The van der Waals surface area contributed by atoms with E-state index in [1.807, 2.05) is 38.1 Å². The number of fused-ring (bicyclic) bond motifs is 2. The Bertz CT molecular complexity index is 2610. The molecule has 64 heavy (non-hydrogen) atoms. The molecular formula is C45H51ClN10O8. The SMILES string of the molecule is CC(C)n1c(=O)c(OCC(N)=O)cc2cc(Nc3nc(N4CCC(O[C@H]5C[C@H](N6CCN(c7ccc8c(c7)C(=O)N(C7CCC(=O)NC7=O)C8=O)[C@H](C)C6)C5)CC4)ncc3Cl)ccc21. The summed E-state index contributed by atoms with van der Waals surface area (Å²) in [4.78, 5) is 92.6. The summed E-state index contributed by atoms with van der Waals surface area (Å²) in [6, 6.07) is 11.9. The first-order valence-corrected chi connectivity index (χ1v) is 22.3. The number of piperidine rings is 2. The lowest BCUT2D eigenvalue weighted by Crippen LogP contribution is -2.59. The number of piperazine rings is 1. The van der Waals surface area contributed by atoms with Gasteiger partial charge >= 0.3 is 0 Å². The Morgan fingerprint density at radius 3 is 2.44 bits per heavy atom. The quantitative estimate of drug-likeness (QED) is 0.173. The predicted octanol–water partition coefficient (Wildman–Crippen LogP) is 3.76. The fourth-order valence-corrected chi connectivity index (χ4v) is 9.79. The van der Waals surface area contributed by atoms with Crippen LogP contribution in [0.25, 0.3) is 10.9 Å². The van der Waals surface area contributed by atoms with Crippen molar-refractivity contribution in [2.75, 3.05) is 54.4 Å². The van der Waals surface area contributed by atoms with Crippen LogP contribution in [0.3, 0.4) is 0 Å². The molecule has 6 heterocycles. The number of amides is 5. The number of aromatic nitrogens is 3. The summed E-state index contributed by atoms with van der Waals surface area (Å²) in [7, 11) is 0. The minimum Gasteiger partial charge on any atom is -0.478 e. The van der Waals surface area contributed by atoms with Gasteiger partial charge in [0.05, 0.1) is 35.0 Å².